The molecule has 3 aromatic rings. The van der Waals surface area contributed by atoms with Crippen LogP contribution in [0, 0.1) is 0 Å². The Morgan fingerprint density at radius 2 is 1.44 bits per heavy atom. The van der Waals surface area contributed by atoms with Crippen LogP contribution in [0.15, 0.2) is 77.7 Å². The largest absolute Gasteiger partial charge is 0.346 e. The van der Waals surface area contributed by atoms with Crippen molar-refractivity contribution in [2.45, 2.75) is 24.4 Å². The van der Waals surface area contributed by atoms with Crippen molar-refractivity contribution < 1.29 is 21.6 Å². The predicted octanol–water partition coefficient (Wildman–Crippen LogP) is 4.20. The van der Waals surface area contributed by atoms with E-state index >= 15 is 0 Å². The van der Waals surface area contributed by atoms with Gasteiger partial charge in [-0.1, -0.05) is 35.9 Å². The van der Waals surface area contributed by atoms with Gasteiger partial charge in [-0.15, -0.1) is 0 Å². The SMILES string of the molecule is C[C@@H](NC(=O)c1ccc(N(Cc2ccc(Cl)cc2)S(C)(=O)=O)cc1)c1ccc(S(C)(=O)=O)cc1. The molecule has 0 unspecified atom stereocenters. The second-order valence-electron chi connectivity index (χ2n) is 7.98. The van der Waals surface area contributed by atoms with E-state index in [2.05, 4.69) is 5.32 Å². The van der Waals surface area contributed by atoms with Gasteiger partial charge in [-0.05, 0) is 66.6 Å². The molecule has 0 saturated heterocycles. The van der Waals surface area contributed by atoms with Crippen LogP contribution >= 0.6 is 11.6 Å². The van der Waals surface area contributed by atoms with Gasteiger partial charge in [-0.3, -0.25) is 9.10 Å². The van der Waals surface area contributed by atoms with E-state index in [1.807, 2.05) is 0 Å². The molecule has 1 amide bonds. The third kappa shape index (κ3) is 6.59. The number of benzene rings is 3. The van der Waals surface area contributed by atoms with E-state index in [1.54, 1.807) is 67.6 Å². The highest BCUT2D eigenvalue weighted by Gasteiger charge is 2.19. The molecule has 0 fully saturated rings. The first kappa shape index (κ1) is 25.7. The van der Waals surface area contributed by atoms with Crippen molar-refractivity contribution in [1.29, 1.82) is 0 Å². The Bertz CT molecular complexity index is 1370. The number of hydrogen-bond donors (Lipinski definition) is 1. The molecule has 1 atom stereocenters. The standard InChI is InChI=1S/C24H25ClN2O5S2/c1-17(19-8-14-23(15-9-19)33(2,29)30)26-24(28)20-6-12-22(13-7-20)27(34(3,31)32)16-18-4-10-21(25)11-5-18/h4-15,17H,16H2,1-3H3,(H,26,28)/t17-/m1/s1. The van der Waals surface area contributed by atoms with E-state index < -0.39 is 19.9 Å². The Morgan fingerprint density at radius 1 is 0.882 bits per heavy atom. The number of halogens is 1. The summed E-state index contributed by atoms with van der Waals surface area (Å²) in [5.74, 6) is -0.338. The molecule has 3 aromatic carbocycles. The van der Waals surface area contributed by atoms with Crippen LogP contribution in [-0.4, -0.2) is 35.3 Å². The lowest BCUT2D eigenvalue weighted by Gasteiger charge is -2.23. The van der Waals surface area contributed by atoms with E-state index in [0.717, 1.165) is 23.6 Å². The minimum atomic E-state index is -3.57. The molecule has 10 heteroatoms. The topological polar surface area (TPSA) is 101 Å². The van der Waals surface area contributed by atoms with Crippen LogP contribution < -0.4 is 9.62 Å². The van der Waals surface area contributed by atoms with Gasteiger partial charge in [0, 0.05) is 16.8 Å². The summed E-state index contributed by atoms with van der Waals surface area (Å²) in [4.78, 5) is 12.9. The van der Waals surface area contributed by atoms with E-state index in [1.165, 1.54) is 16.4 Å². The monoisotopic (exact) mass is 520 g/mol. The molecule has 3 rings (SSSR count). The van der Waals surface area contributed by atoms with E-state index in [-0.39, 0.29) is 23.4 Å². The average Bonchev–Trinajstić information content (AvgIpc) is 2.77. The number of hydrogen-bond acceptors (Lipinski definition) is 5. The summed E-state index contributed by atoms with van der Waals surface area (Å²) < 4.78 is 49.3. The lowest BCUT2D eigenvalue weighted by atomic mass is 10.1. The first-order valence-electron chi connectivity index (χ1n) is 10.3. The number of nitrogens with zero attached hydrogens (tertiary/aromatic N) is 1. The van der Waals surface area contributed by atoms with Crippen molar-refractivity contribution in [3.63, 3.8) is 0 Å². The van der Waals surface area contributed by atoms with Crippen LogP contribution in [0.1, 0.15) is 34.5 Å². The molecule has 0 heterocycles. The predicted molar refractivity (Wildman–Crippen MR) is 134 cm³/mol. The fourth-order valence-electron chi connectivity index (χ4n) is 3.30. The van der Waals surface area contributed by atoms with Gasteiger partial charge in [0.2, 0.25) is 10.0 Å². The van der Waals surface area contributed by atoms with Gasteiger partial charge in [0.15, 0.2) is 9.84 Å². The summed E-state index contributed by atoms with van der Waals surface area (Å²) in [6.45, 7) is 1.92. The highest BCUT2D eigenvalue weighted by molar-refractivity contribution is 7.92. The van der Waals surface area contributed by atoms with Gasteiger partial charge >= 0.3 is 0 Å². The first-order valence-corrected chi connectivity index (χ1v) is 14.4. The fraction of sp³-hybridized carbons (Fsp3) is 0.208. The summed E-state index contributed by atoms with van der Waals surface area (Å²) in [5, 5.41) is 3.42. The molecule has 0 spiro atoms. The quantitative estimate of drug-likeness (QED) is 0.479. The lowest BCUT2D eigenvalue weighted by Crippen LogP contribution is -2.29. The lowest BCUT2D eigenvalue weighted by molar-refractivity contribution is 0.0940. The summed E-state index contributed by atoms with van der Waals surface area (Å²) in [6, 6.07) is 19.1. The second kappa shape index (κ2) is 10.2. The minimum Gasteiger partial charge on any atom is -0.346 e. The van der Waals surface area contributed by atoms with Crippen molar-refractivity contribution in [1.82, 2.24) is 5.32 Å². The zero-order valence-electron chi connectivity index (χ0n) is 18.9. The Hall–Kier alpha value is -2.88. The number of rotatable bonds is 8. The number of carbonyl (C=O) groups excluding carboxylic acids is 1. The minimum absolute atomic E-state index is 0.127. The number of sulfone groups is 1. The van der Waals surface area contributed by atoms with Gasteiger partial charge in [-0.2, -0.15) is 0 Å². The van der Waals surface area contributed by atoms with Crippen LogP contribution in [0.25, 0.3) is 0 Å². The third-order valence-electron chi connectivity index (χ3n) is 5.21. The summed E-state index contributed by atoms with van der Waals surface area (Å²) in [7, 11) is -6.87. The Morgan fingerprint density at radius 3 is 1.94 bits per heavy atom. The Balaban J connectivity index is 1.73. The number of carbonyl (C=O) groups is 1. The molecule has 7 nitrogen and oxygen atoms in total. The molecule has 0 radical (unpaired) electrons. The van der Waals surface area contributed by atoms with E-state index in [9.17, 15) is 21.6 Å². The molecule has 0 aromatic heterocycles. The second-order valence-corrected chi connectivity index (χ2v) is 12.3. The smallest absolute Gasteiger partial charge is 0.251 e. The number of anilines is 1. The van der Waals surface area contributed by atoms with E-state index in [4.69, 9.17) is 11.6 Å². The average molecular weight is 521 g/mol. The molecule has 0 aliphatic carbocycles. The van der Waals surface area contributed by atoms with Crippen LogP contribution in [0.4, 0.5) is 5.69 Å². The van der Waals surface area contributed by atoms with Crippen LogP contribution in [0.2, 0.25) is 5.02 Å². The zero-order chi connectivity index (χ0) is 25.1. The number of nitrogens with one attached hydrogen (secondary N) is 1. The highest BCUT2D eigenvalue weighted by Crippen LogP contribution is 2.23. The summed E-state index contributed by atoms with van der Waals surface area (Å²) in [6.07, 6.45) is 2.26. The van der Waals surface area contributed by atoms with Crippen molar-refractivity contribution in [2.24, 2.45) is 0 Å². The van der Waals surface area contributed by atoms with Crippen molar-refractivity contribution in [2.75, 3.05) is 16.8 Å². The van der Waals surface area contributed by atoms with Gasteiger partial charge < -0.3 is 5.32 Å². The van der Waals surface area contributed by atoms with Gasteiger partial charge in [-0.25, -0.2) is 16.8 Å². The molecule has 0 saturated carbocycles. The molecule has 0 aliphatic heterocycles. The van der Waals surface area contributed by atoms with Crippen molar-refractivity contribution in [3.05, 3.63) is 94.5 Å². The summed E-state index contributed by atoms with van der Waals surface area (Å²) >= 11 is 5.91. The van der Waals surface area contributed by atoms with Crippen LogP contribution in [-0.2, 0) is 26.4 Å². The van der Waals surface area contributed by atoms with Gasteiger partial charge in [0.05, 0.1) is 29.4 Å². The molecule has 180 valence electrons. The van der Waals surface area contributed by atoms with Crippen molar-refractivity contribution >= 4 is 43.1 Å². The summed E-state index contributed by atoms with van der Waals surface area (Å²) in [5.41, 5.74) is 2.32. The van der Waals surface area contributed by atoms with Crippen molar-refractivity contribution in [3.8, 4) is 0 Å². The molecule has 34 heavy (non-hydrogen) atoms. The molecular formula is C24H25ClN2O5S2. The normalized spacial score (nSPS) is 12.7. The third-order valence-corrected chi connectivity index (χ3v) is 7.73. The molecule has 0 bridgehead atoms. The number of sulfonamides is 1. The molecule has 0 aliphatic rings. The van der Waals surface area contributed by atoms with Crippen LogP contribution in [0.5, 0.6) is 0 Å². The Labute approximate surface area is 205 Å². The first-order chi connectivity index (χ1) is 15.8. The molecule has 1 N–H and O–H groups in total. The zero-order valence-corrected chi connectivity index (χ0v) is 21.3. The van der Waals surface area contributed by atoms with Gasteiger partial charge in [0.1, 0.15) is 0 Å². The molecular weight excluding hydrogens is 496 g/mol. The maximum Gasteiger partial charge on any atom is 0.251 e. The Kier molecular flexibility index (Phi) is 7.70. The van der Waals surface area contributed by atoms with Gasteiger partial charge in [0.25, 0.3) is 5.91 Å². The fourth-order valence-corrected chi connectivity index (χ4v) is 4.95. The van der Waals surface area contributed by atoms with Crippen LogP contribution in [0.3, 0.4) is 0 Å². The highest BCUT2D eigenvalue weighted by atomic mass is 35.5. The maximum atomic E-state index is 12.7. The number of amides is 1. The van der Waals surface area contributed by atoms with E-state index in [0.29, 0.717) is 16.3 Å². The maximum absolute atomic E-state index is 12.7.